The molecule has 1 aromatic heterocycles. The van der Waals surface area contributed by atoms with Crippen molar-refractivity contribution in [3.8, 4) is 5.69 Å². The van der Waals surface area contributed by atoms with Crippen LogP contribution in [0.25, 0.3) is 5.69 Å². The van der Waals surface area contributed by atoms with E-state index in [0.29, 0.717) is 6.04 Å². The maximum absolute atomic E-state index is 5.72. The average Bonchev–Trinajstić information content (AvgIpc) is 3.42. The smallest absolute Gasteiger partial charge is 0.0673 e. The molecular weight excluding hydrogens is 354 g/mol. The fourth-order valence-electron chi connectivity index (χ4n) is 3.99. The highest BCUT2D eigenvalue weighted by atomic mass is 32.2. The number of nitrogens with zero attached hydrogens (tertiary/aromatic N) is 3. The maximum Gasteiger partial charge on any atom is 0.0673 e. The largest absolute Gasteiger partial charge is 0.379 e. The number of aromatic nitrogens is 2. The fraction of sp³-hybridized carbons (Fsp3) is 0.318. The molecule has 0 bridgehead atoms. The molecule has 27 heavy (non-hydrogen) atoms. The molecule has 5 heteroatoms. The highest BCUT2D eigenvalue weighted by Crippen LogP contribution is 2.41. The number of ether oxygens (including phenoxy) is 1. The van der Waals surface area contributed by atoms with Gasteiger partial charge in [-0.15, -0.1) is 11.8 Å². The second kappa shape index (κ2) is 7.41. The van der Waals surface area contributed by atoms with Crippen LogP contribution in [0, 0.1) is 0 Å². The summed E-state index contributed by atoms with van der Waals surface area (Å²) in [6.45, 7) is 1.74. The van der Waals surface area contributed by atoms with Crippen LogP contribution in [-0.4, -0.2) is 39.7 Å². The first-order valence-corrected chi connectivity index (χ1v) is 10.6. The van der Waals surface area contributed by atoms with Gasteiger partial charge in [0.2, 0.25) is 0 Å². The van der Waals surface area contributed by atoms with E-state index in [2.05, 4.69) is 52.6 Å². The molecule has 138 valence electrons. The molecule has 0 aliphatic carbocycles. The summed E-state index contributed by atoms with van der Waals surface area (Å²) in [7, 11) is 0. The molecule has 2 aromatic rings. The van der Waals surface area contributed by atoms with E-state index in [1.165, 1.54) is 28.2 Å². The zero-order chi connectivity index (χ0) is 18.1. The molecule has 0 spiro atoms. The third-order valence-electron chi connectivity index (χ3n) is 5.37. The summed E-state index contributed by atoms with van der Waals surface area (Å²) in [6.07, 6.45) is 14.1. The van der Waals surface area contributed by atoms with Crippen LogP contribution < -0.4 is 0 Å². The number of benzene rings is 1. The first-order valence-electron chi connectivity index (χ1n) is 9.58. The van der Waals surface area contributed by atoms with Gasteiger partial charge in [0.1, 0.15) is 0 Å². The molecule has 1 unspecified atom stereocenters. The van der Waals surface area contributed by atoms with Gasteiger partial charge in [0, 0.05) is 35.9 Å². The van der Waals surface area contributed by atoms with Gasteiger partial charge in [-0.2, -0.15) is 5.10 Å². The van der Waals surface area contributed by atoms with Crippen molar-refractivity contribution in [2.75, 3.05) is 19.0 Å². The minimum absolute atomic E-state index is 0.477. The number of fused-ring (bicyclic) bond motifs is 1. The quantitative estimate of drug-likeness (QED) is 0.794. The van der Waals surface area contributed by atoms with Gasteiger partial charge in [-0.1, -0.05) is 12.1 Å². The van der Waals surface area contributed by atoms with Crippen molar-refractivity contribution in [2.45, 2.75) is 25.3 Å². The Morgan fingerprint density at radius 3 is 2.93 bits per heavy atom. The van der Waals surface area contributed by atoms with Gasteiger partial charge in [-0.25, -0.2) is 4.68 Å². The number of hydrogen-bond donors (Lipinski definition) is 0. The lowest BCUT2D eigenvalue weighted by molar-refractivity contribution is 0.0449. The van der Waals surface area contributed by atoms with Crippen molar-refractivity contribution >= 4 is 11.8 Å². The van der Waals surface area contributed by atoms with E-state index >= 15 is 0 Å². The molecule has 4 heterocycles. The van der Waals surface area contributed by atoms with Crippen LogP contribution in [0.15, 0.2) is 77.3 Å². The number of allylic oxidation sites excluding steroid dienone is 2. The normalized spacial score (nSPS) is 22.1. The Balaban J connectivity index is 1.35. The second-order valence-corrected chi connectivity index (χ2v) is 8.17. The summed E-state index contributed by atoms with van der Waals surface area (Å²) in [6, 6.07) is 11.1. The Morgan fingerprint density at radius 1 is 1.22 bits per heavy atom. The average molecular weight is 378 g/mol. The first-order chi connectivity index (χ1) is 13.4. The molecule has 0 N–H and O–H groups in total. The molecule has 5 rings (SSSR count). The minimum atomic E-state index is 0.477. The first kappa shape index (κ1) is 16.9. The molecule has 4 nitrogen and oxygen atoms in total. The van der Waals surface area contributed by atoms with Gasteiger partial charge in [0.25, 0.3) is 0 Å². The third-order valence-corrected chi connectivity index (χ3v) is 6.47. The van der Waals surface area contributed by atoms with Crippen molar-refractivity contribution in [1.82, 2.24) is 14.7 Å². The van der Waals surface area contributed by atoms with Crippen molar-refractivity contribution in [3.63, 3.8) is 0 Å². The Kier molecular flexibility index (Phi) is 4.64. The standard InChI is InChI=1S/C22H23N3OS/c1-3-20(16-26-13-1)24-12-8-18(22-21(24)9-14-27-22)15-17-4-6-19(7-5-17)25-11-2-10-23-25/h2,4-12,20H,1,3,13-16H2. The van der Waals surface area contributed by atoms with Crippen molar-refractivity contribution in [1.29, 1.82) is 0 Å². The SMILES string of the molecule is C1=CN(C2CCCOC2)C2=CCSC2=C1Cc1ccc(-n2cccn2)cc1. The van der Waals surface area contributed by atoms with Crippen molar-refractivity contribution in [3.05, 3.63) is 82.8 Å². The zero-order valence-corrected chi connectivity index (χ0v) is 16.1. The van der Waals surface area contributed by atoms with Crippen molar-refractivity contribution < 1.29 is 4.74 Å². The molecular formula is C22H23N3OS. The van der Waals surface area contributed by atoms with Gasteiger partial charge < -0.3 is 9.64 Å². The minimum Gasteiger partial charge on any atom is -0.379 e. The number of hydrogen-bond acceptors (Lipinski definition) is 4. The van der Waals surface area contributed by atoms with Crippen LogP contribution in [-0.2, 0) is 11.2 Å². The van der Waals surface area contributed by atoms with Crippen LogP contribution in [0.5, 0.6) is 0 Å². The highest BCUT2D eigenvalue weighted by molar-refractivity contribution is 8.03. The molecule has 0 radical (unpaired) electrons. The highest BCUT2D eigenvalue weighted by Gasteiger charge is 2.29. The van der Waals surface area contributed by atoms with Crippen LogP contribution in [0.1, 0.15) is 18.4 Å². The Labute approximate surface area is 164 Å². The lowest BCUT2D eigenvalue weighted by Crippen LogP contribution is -2.38. The summed E-state index contributed by atoms with van der Waals surface area (Å²) >= 11 is 1.96. The monoisotopic (exact) mass is 377 g/mol. The van der Waals surface area contributed by atoms with Gasteiger partial charge in [0.05, 0.1) is 24.0 Å². The van der Waals surface area contributed by atoms with Crippen LogP contribution in [0.4, 0.5) is 0 Å². The lowest BCUT2D eigenvalue weighted by atomic mass is 9.99. The third kappa shape index (κ3) is 3.37. The molecule has 0 amide bonds. The van der Waals surface area contributed by atoms with Gasteiger partial charge in [0.15, 0.2) is 0 Å². The molecule has 1 aromatic carbocycles. The number of thioether (sulfide) groups is 1. The van der Waals surface area contributed by atoms with Crippen LogP contribution >= 0.6 is 11.8 Å². The van der Waals surface area contributed by atoms with Crippen LogP contribution in [0.2, 0.25) is 0 Å². The van der Waals surface area contributed by atoms with Gasteiger partial charge >= 0.3 is 0 Å². The van der Waals surface area contributed by atoms with Gasteiger partial charge in [-0.3, -0.25) is 0 Å². The topological polar surface area (TPSA) is 30.3 Å². The van der Waals surface area contributed by atoms with Crippen molar-refractivity contribution in [2.24, 2.45) is 0 Å². The summed E-state index contributed by atoms with van der Waals surface area (Å²) in [5.74, 6) is 1.07. The molecule has 3 aliphatic heterocycles. The van der Waals surface area contributed by atoms with Crippen LogP contribution in [0.3, 0.4) is 0 Å². The Morgan fingerprint density at radius 2 is 2.15 bits per heavy atom. The molecule has 3 aliphatic rings. The summed E-state index contributed by atoms with van der Waals surface area (Å²) < 4.78 is 7.61. The van der Waals surface area contributed by atoms with E-state index in [-0.39, 0.29) is 0 Å². The zero-order valence-electron chi connectivity index (χ0n) is 15.3. The summed E-state index contributed by atoms with van der Waals surface area (Å²) in [4.78, 5) is 3.89. The molecule has 1 fully saturated rings. The Bertz CT molecular complexity index is 890. The van der Waals surface area contributed by atoms with Gasteiger partial charge in [-0.05, 0) is 60.8 Å². The lowest BCUT2D eigenvalue weighted by Gasteiger charge is -2.36. The van der Waals surface area contributed by atoms with E-state index in [9.17, 15) is 0 Å². The summed E-state index contributed by atoms with van der Waals surface area (Å²) in [5.41, 5.74) is 5.24. The van der Waals surface area contributed by atoms with E-state index in [4.69, 9.17) is 4.74 Å². The van der Waals surface area contributed by atoms with E-state index in [0.717, 1.165) is 37.5 Å². The number of rotatable bonds is 4. The Hall–Kier alpha value is -2.24. The summed E-state index contributed by atoms with van der Waals surface area (Å²) in [5, 5.41) is 4.30. The molecule has 0 saturated carbocycles. The van der Waals surface area contributed by atoms with E-state index in [1.807, 2.05) is 34.9 Å². The maximum atomic E-state index is 5.72. The predicted molar refractivity (Wildman–Crippen MR) is 110 cm³/mol. The van der Waals surface area contributed by atoms with E-state index < -0.39 is 0 Å². The second-order valence-electron chi connectivity index (χ2n) is 7.14. The fourth-order valence-corrected chi connectivity index (χ4v) is 5.06. The van der Waals surface area contributed by atoms with E-state index in [1.54, 1.807) is 0 Å². The predicted octanol–water partition coefficient (Wildman–Crippen LogP) is 4.31. The molecule has 1 atom stereocenters. The molecule has 1 saturated heterocycles.